The molecule has 4 aromatic rings. The zero-order valence-corrected chi connectivity index (χ0v) is 23.1. The maximum atomic E-state index is 15.9. The number of rotatable bonds is 5. The smallest absolute Gasteiger partial charge is 0.196 e. The van der Waals surface area contributed by atoms with Gasteiger partial charge in [0, 0.05) is 22.1 Å². The average Bonchev–Trinajstić information content (AvgIpc) is 3.60. The molecule has 1 spiro atoms. The molecule has 1 aromatic carbocycles. The van der Waals surface area contributed by atoms with Crippen molar-refractivity contribution in [1.82, 2.24) is 25.1 Å². The van der Waals surface area contributed by atoms with Gasteiger partial charge in [-0.25, -0.2) is 9.37 Å². The lowest BCUT2D eigenvalue weighted by atomic mass is 9.62. The van der Waals surface area contributed by atoms with Crippen molar-refractivity contribution in [2.45, 2.75) is 65.0 Å². The number of ether oxygens (including phenoxy) is 1. The average molecular weight is 547 g/mol. The van der Waals surface area contributed by atoms with Gasteiger partial charge in [-0.15, -0.1) is 21.5 Å². The first-order valence-corrected chi connectivity index (χ1v) is 14.4. The van der Waals surface area contributed by atoms with E-state index in [0.29, 0.717) is 40.6 Å². The number of oxazole rings is 1. The Morgan fingerprint density at radius 1 is 1.18 bits per heavy atom. The molecule has 0 bridgehead atoms. The van der Waals surface area contributed by atoms with Crippen LogP contribution in [-0.2, 0) is 6.42 Å². The molecule has 39 heavy (non-hydrogen) atoms. The molecule has 2 fully saturated rings. The van der Waals surface area contributed by atoms with Crippen molar-refractivity contribution in [3.8, 4) is 10.8 Å². The Morgan fingerprint density at radius 3 is 2.74 bits per heavy atom. The van der Waals surface area contributed by atoms with Gasteiger partial charge in [0.25, 0.3) is 0 Å². The van der Waals surface area contributed by atoms with Crippen LogP contribution in [0.3, 0.4) is 0 Å². The summed E-state index contributed by atoms with van der Waals surface area (Å²) in [6.07, 6.45) is 8.19. The van der Waals surface area contributed by atoms with Crippen LogP contribution in [0.2, 0.25) is 0 Å². The van der Waals surface area contributed by atoms with Crippen LogP contribution < -0.4 is 10.1 Å². The third-order valence-corrected chi connectivity index (χ3v) is 9.77. The van der Waals surface area contributed by atoms with Gasteiger partial charge in [0.1, 0.15) is 34.7 Å². The molecule has 10 heteroatoms. The van der Waals surface area contributed by atoms with Gasteiger partial charge >= 0.3 is 0 Å². The van der Waals surface area contributed by atoms with Crippen molar-refractivity contribution in [3.63, 3.8) is 0 Å². The molecule has 3 aromatic heterocycles. The summed E-state index contributed by atoms with van der Waals surface area (Å²) in [6, 6.07) is 4.76. The zero-order chi connectivity index (χ0) is 26.7. The SMILES string of the molecule is Cc1sc2c(c1C)C(c1ccc(OC3CC4(CCNCC4)C3)cc1F)=NC(Cc1ncco1)c1nnc(C)n1-2. The first-order chi connectivity index (χ1) is 18.9. The lowest BCUT2D eigenvalue weighted by molar-refractivity contribution is -0.0348. The van der Waals surface area contributed by atoms with Crippen LogP contribution in [0.1, 0.15) is 70.8 Å². The highest BCUT2D eigenvalue weighted by molar-refractivity contribution is 7.15. The highest BCUT2D eigenvalue weighted by Crippen LogP contribution is 2.49. The molecule has 1 unspecified atom stereocenters. The van der Waals surface area contributed by atoms with Crippen LogP contribution in [0, 0.1) is 32.0 Å². The molecule has 8 nitrogen and oxygen atoms in total. The van der Waals surface area contributed by atoms with Crippen LogP contribution in [0.25, 0.3) is 5.00 Å². The summed E-state index contributed by atoms with van der Waals surface area (Å²) in [6.45, 7) is 8.23. The van der Waals surface area contributed by atoms with Gasteiger partial charge < -0.3 is 14.5 Å². The van der Waals surface area contributed by atoms with Crippen molar-refractivity contribution in [2.75, 3.05) is 13.1 Å². The maximum Gasteiger partial charge on any atom is 0.196 e. The predicted molar refractivity (Wildman–Crippen MR) is 147 cm³/mol. The third-order valence-electron chi connectivity index (χ3n) is 8.57. The van der Waals surface area contributed by atoms with E-state index in [1.165, 1.54) is 18.9 Å². The molecule has 1 atom stereocenters. The van der Waals surface area contributed by atoms with Gasteiger partial charge in [-0.05, 0) is 82.7 Å². The molecule has 1 saturated carbocycles. The second kappa shape index (κ2) is 9.38. The molecule has 0 amide bonds. The molecule has 202 valence electrons. The van der Waals surface area contributed by atoms with Crippen LogP contribution >= 0.6 is 11.3 Å². The molecule has 3 aliphatic rings. The Bertz CT molecular complexity index is 1560. The van der Waals surface area contributed by atoms with Gasteiger partial charge in [-0.1, -0.05) is 0 Å². The summed E-state index contributed by atoms with van der Waals surface area (Å²) in [5.41, 5.74) is 3.45. The van der Waals surface area contributed by atoms with Gasteiger partial charge in [-0.2, -0.15) is 0 Å². The highest BCUT2D eigenvalue weighted by atomic mass is 32.1. The number of hydrogen-bond acceptors (Lipinski definition) is 8. The topological polar surface area (TPSA) is 90.4 Å². The predicted octanol–water partition coefficient (Wildman–Crippen LogP) is 5.43. The monoisotopic (exact) mass is 546 g/mol. The van der Waals surface area contributed by atoms with Crippen LogP contribution in [0.15, 0.2) is 40.1 Å². The molecule has 2 aliphatic heterocycles. The van der Waals surface area contributed by atoms with E-state index < -0.39 is 6.04 Å². The second-order valence-electron chi connectivity index (χ2n) is 11.1. The number of hydrogen-bond donors (Lipinski definition) is 1. The highest BCUT2D eigenvalue weighted by Gasteiger charge is 2.46. The van der Waals surface area contributed by atoms with Crippen molar-refractivity contribution in [2.24, 2.45) is 10.4 Å². The summed E-state index contributed by atoms with van der Waals surface area (Å²) >= 11 is 1.65. The van der Waals surface area contributed by atoms with E-state index in [2.05, 4.69) is 34.3 Å². The molecular weight excluding hydrogens is 515 g/mol. The van der Waals surface area contributed by atoms with E-state index in [1.54, 1.807) is 29.9 Å². The summed E-state index contributed by atoms with van der Waals surface area (Å²) < 4.78 is 29.7. The van der Waals surface area contributed by atoms with Crippen molar-refractivity contribution >= 4 is 17.0 Å². The number of aromatic nitrogens is 4. The maximum absolute atomic E-state index is 15.9. The minimum absolute atomic E-state index is 0.148. The minimum Gasteiger partial charge on any atom is -0.490 e. The number of halogens is 1. The van der Waals surface area contributed by atoms with Crippen molar-refractivity contribution in [3.05, 3.63) is 75.6 Å². The van der Waals surface area contributed by atoms with Crippen LogP contribution in [0.4, 0.5) is 4.39 Å². The van der Waals surface area contributed by atoms with Crippen molar-refractivity contribution < 1.29 is 13.5 Å². The Morgan fingerprint density at radius 2 is 2.00 bits per heavy atom. The number of piperidine rings is 1. The summed E-state index contributed by atoms with van der Waals surface area (Å²) in [5.74, 6) is 2.23. The fraction of sp³-hybridized carbons (Fsp3) is 0.448. The van der Waals surface area contributed by atoms with E-state index in [9.17, 15) is 0 Å². The molecule has 1 saturated heterocycles. The number of aliphatic imine (C=N–C) groups is 1. The fourth-order valence-corrected chi connectivity index (χ4v) is 7.55. The lowest BCUT2D eigenvalue weighted by Gasteiger charge is -2.49. The second-order valence-corrected chi connectivity index (χ2v) is 12.3. The van der Waals surface area contributed by atoms with E-state index in [1.807, 2.05) is 17.6 Å². The fourth-order valence-electron chi connectivity index (χ4n) is 6.34. The quantitative estimate of drug-likeness (QED) is 0.359. The summed E-state index contributed by atoms with van der Waals surface area (Å²) in [5, 5.41) is 13.2. The molecule has 5 heterocycles. The minimum atomic E-state index is -0.439. The molecule has 1 aliphatic carbocycles. The Kier molecular flexibility index (Phi) is 5.93. The van der Waals surface area contributed by atoms with Gasteiger partial charge in [0.05, 0.1) is 24.4 Å². The number of aryl methyl sites for hydroxylation is 2. The Labute approximate surface area is 230 Å². The van der Waals surface area contributed by atoms with Crippen LogP contribution in [0.5, 0.6) is 5.75 Å². The zero-order valence-electron chi connectivity index (χ0n) is 22.3. The molecule has 0 radical (unpaired) electrons. The van der Waals surface area contributed by atoms with Gasteiger partial charge in [0.2, 0.25) is 0 Å². The number of nitrogens with zero attached hydrogens (tertiary/aromatic N) is 5. The Balaban J connectivity index is 1.25. The molecule has 7 rings (SSSR count). The lowest BCUT2D eigenvalue weighted by Crippen LogP contribution is -2.49. The first-order valence-electron chi connectivity index (χ1n) is 13.6. The first kappa shape index (κ1) is 24.7. The standard InChI is InChI=1S/C29H31FN6O2S/c1-16-17(2)39-28-25(16)26(33-23(13-24-32-10-11-37-24)27-35-34-18(3)36(27)28)21-5-4-19(12-22(21)30)38-20-14-29(15-20)6-8-31-9-7-29/h4-5,10-12,20,23,31H,6-9,13-15H2,1-3H3. The number of fused-ring (bicyclic) bond motifs is 3. The summed E-state index contributed by atoms with van der Waals surface area (Å²) in [4.78, 5) is 10.6. The van der Waals surface area contributed by atoms with Crippen molar-refractivity contribution in [1.29, 1.82) is 0 Å². The van der Waals surface area contributed by atoms with E-state index in [-0.39, 0.29) is 11.9 Å². The molecular formula is C29H31FN6O2S. The molecule has 1 N–H and O–H groups in total. The summed E-state index contributed by atoms with van der Waals surface area (Å²) in [7, 11) is 0. The van der Waals surface area contributed by atoms with E-state index >= 15 is 4.39 Å². The van der Waals surface area contributed by atoms with E-state index in [0.717, 1.165) is 52.8 Å². The van der Waals surface area contributed by atoms with Gasteiger partial charge in [0.15, 0.2) is 11.7 Å². The van der Waals surface area contributed by atoms with Gasteiger partial charge in [-0.3, -0.25) is 9.56 Å². The normalized spacial score (nSPS) is 20.2. The number of thiophene rings is 1. The number of benzene rings is 1. The van der Waals surface area contributed by atoms with Crippen LogP contribution in [-0.4, -0.2) is 44.7 Å². The third kappa shape index (κ3) is 4.21. The Hall–Kier alpha value is -3.37. The van der Waals surface area contributed by atoms with E-state index in [4.69, 9.17) is 14.1 Å². The largest absolute Gasteiger partial charge is 0.490 e. The number of nitrogens with one attached hydrogen (secondary N) is 1.